The third kappa shape index (κ3) is 4.55. The second-order valence-corrected chi connectivity index (χ2v) is 5.11. The fraction of sp³-hybridized carbons (Fsp3) is 0.294. The van der Waals surface area contributed by atoms with E-state index in [0.29, 0.717) is 6.61 Å². The molecule has 0 aromatic heterocycles. The third-order valence-corrected chi connectivity index (χ3v) is 3.38. The van der Waals surface area contributed by atoms with Gasteiger partial charge in [-0.1, -0.05) is 48.9 Å². The molecule has 0 atom stereocenters. The van der Waals surface area contributed by atoms with Crippen LogP contribution in [0.4, 0.5) is 0 Å². The van der Waals surface area contributed by atoms with E-state index >= 15 is 0 Å². The largest absolute Gasteiger partial charge is 0.489 e. The molecule has 2 nitrogen and oxygen atoms in total. The lowest BCUT2D eigenvalue weighted by molar-refractivity contribution is 0.306. The first-order chi connectivity index (χ1) is 9.79. The van der Waals surface area contributed by atoms with Crippen LogP contribution in [0.15, 0.2) is 48.5 Å². The van der Waals surface area contributed by atoms with Crippen molar-refractivity contribution in [2.45, 2.75) is 26.5 Å². The summed E-state index contributed by atoms with van der Waals surface area (Å²) in [6.07, 6.45) is 1.14. The molecular formula is C17H20ClNO. The van der Waals surface area contributed by atoms with Gasteiger partial charge in [0.1, 0.15) is 12.4 Å². The molecule has 20 heavy (non-hydrogen) atoms. The van der Waals surface area contributed by atoms with Crippen molar-refractivity contribution in [1.82, 2.24) is 5.32 Å². The average molecular weight is 290 g/mol. The Morgan fingerprint density at radius 3 is 2.75 bits per heavy atom. The molecule has 0 fully saturated rings. The minimum absolute atomic E-state index is 0.492. The first-order valence-corrected chi connectivity index (χ1v) is 7.33. The summed E-state index contributed by atoms with van der Waals surface area (Å²) in [5.41, 5.74) is 2.23. The van der Waals surface area contributed by atoms with Crippen molar-refractivity contribution >= 4 is 11.6 Å². The van der Waals surface area contributed by atoms with Gasteiger partial charge in [-0.3, -0.25) is 0 Å². The number of benzene rings is 2. The van der Waals surface area contributed by atoms with Gasteiger partial charge in [-0.15, -0.1) is 0 Å². The zero-order valence-electron chi connectivity index (χ0n) is 11.7. The number of hydrogen-bond donors (Lipinski definition) is 1. The molecule has 0 heterocycles. The Bertz CT molecular complexity index is 542. The second kappa shape index (κ2) is 7.93. The zero-order valence-corrected chi connectivity index (χ0v) is 12.5. The molecule has 0 aliphatic rings. The van der Waals surface area contributed by atoms with Gasteiger partial charge < -0.3 is 10.1 Å². The van der Waals surface area contributed by atoms with Crippen molar-refractivity contribution in [3.05, 3.63) is 64.7 Å². The Morgan fingerprint density at radius 2 is 1.95 bits per heavy atom. The molecule has 0 unspecified atom stereocenters. The van der Waals surface area contributed by atoms with Crippen LogP contribution in [0.25, 0.3) is 0 Å². The summed E-state index contributed by atoms with van der Waals surface area (Å²) in [5, 5.41) is 4.13. The molecule has 0 spiro atoms. The van der Waals surface area contributed by atoms with Crippen LogP contribution >= 0.6 is 11.6 Å². The molecule has 0 saturated heterocycles. The van der Waals surface area contributed by atoms with Crippen molar-refractivity contribution in [2.24, 2.45) is 0 Å². The van der Waals surface area contributed by atoms with Crippen molar-refractivity contribution in [3.63, 3.8) is 0 Å². The van der Waals surface area contributed by atoms with Gasteiger partial charge in [0.2, 0.25) is 0 Å². The van der Waals surface area contributed by atoms with E-state index in [1.54, 1.807) is 0 Å². The maximum Gasteiger partial charge on any atom is 0.120 e. The van der Waals surface area contributed by atoms with Crippen LogP contribution in [0.1, 0.15) is 24.5 Å². The van der Waals surface area contributed by atoms with Crippen LogP contribution in [0, 0.1) is 0 Å². The van der Waals surface area contributed by atoms with E-state index in [-0.39, 0.29) is 0 Å². The Kier molecular flexibility index (Phi) is 5.90. The summed E-state index contributed by atoms with van der Waals surface area (Å²) in [6.45, 7) is 4.56. The van der Waals surface area contributed by atoms with E-state index in [1.165, 1.54) is 5.56 Å². The van der Waals surface area contributed by atoms with Gasteiger partial charge in [0.15, 0.2) is 0 Å². The number of nitrogens with one attached hydrogen (secondary N) is 1. The number of hydrogen-bond acceptors (Lipinski definition) is 2. The molecule has 2 aromatic rings. The molecule has 0 radical (unpaired) electrons. The molecule has 3 heteroatoms. The molecule has 2 rings (SSSR count). The van der Waals surface area contributed by atoms with Crippen LogP contribution in [0.5, 0.6) is 5.75 Å². The van der Waals surface area contributed by atoms with Crippen LogP contribution in [0.3, 0.4) is 0 Å². The summed E-state index contributed by atoms with van der Waals surface area (Å²) in [4.78, 5) is 0. The fourth-order valence-electron chi connectivity index (χ4n) is 1.93. The van der Waals surface area contributed by atoms with Gasteiger partial charge in [-0.2, -0.15) is 0 Å². The maximum atomic E-state index is 6.12. The van der Waals surface area contributed by atoms with Gasteiger partial charge in [0, 0.05) is 17.1 Å². The molecule has 0 amide bonds. The highest BCUT2D eigenvalue weighted by Gasteiger charge is 2.01. The van der Waals surface area contributed by atoms with Crippen LogP contribution < -0.4 is 10.1 Å². The first kappa shape index (κ1) is 14.9. The van der Waals surface area contributed by atoms with E-state index in [9.17, 15) is 0 Å². The lowest BCUT2D eigenvalue weighted by atomic mass is 10.2. The van der Waals surface area contributed by atoms with E-state index in [0.717, 1.165) is 35.8 Å². The van der Waals surface area contributed by atoms with Crippen molar-refractivity contribution < 1.29 is 4.74 Å². The Balaban J connectivity index is 1.93. The number of halogens is 1. The highest BCUT2D eigenvalue weighted by atomic mass is 35.5. The maximum absolute atomic E-state index is 6.12. The Morgan fingerprint density at radius 1 is 1.10 bits per heavy atom. The van der Waals surface area contributed by atoms with E-state index in [1.807, 2.05) is 36.4 Å². The predicted octanol–water partition coefficient (Wildman–Crippen LogP) is 4.42. The van der Waals surface area contributed by atoms with Gasteiger partial charge in [0.05, 0.1) is 0 Å². The highest BCUT2D eigenvalue weighted by molar-refractivity contribution is 6.31. The van der Waals surface area contributed by atoms with Gasteiger partial charge in [0.25, 0.3) is 0 Å². The minimum atomic E-state index is 0.492. The van der Waals surface area contributed by atoms with Gasteiger partial charge in [-0.05, 0) is 36.7 Å². The monoisotopic (exact) mass is 289 g/mol. The Labute approximate surface area is 125 Å². The summed E-state index contributed by atoms with van der Waals surface area (Å²) in [7, 11) is 0. The molecule has 0 saturated carbocycles. The average Bonchev–Trinajstić information content (AvgIpc) is 2.47. The van der Waals surface area contributed by atoms with Gasteiger partial charge >= 0.3 is 0 Å². The van der Waals surface area contributed by atoms with Gasteiger partial charge in [-0.25, -0.2) is 0 Å². The normalized spacial score (nSPS) is 10.5. The first-order valence-electron chi connectivity index (χ1n) is 6.95. The Hall–Kier alpha value is -1.51. The van der Waals surface area contributed by atoms with Crippen molar-refractivity contribution in [3.8, 4) is 5.75 Å². The summed E-state index contributed by atoms with van der Waals surface area (Å²) in [5.74, 6) is 0.876. The smallest absolute Gasteiger partial charge is 0.120 e. The summed E-state index contributed by atoms with van der Waals surface area (Å²) < 4.78 is 5.81. The summed E-state index contributed by atoms with van der Waals surface area (Å²) in [6, 6.07) is 15.9. The quantitative estimate of drug-likeness (QED) is 0.762. The lowest BCUT2D eigenvalue weighted by Gasteiger charge is -2.09. The van der Waals surface area contributed by atoms with Crippen molar-refractivity contribution in [2.75, 3.05) is 6.54 Å². The predicted molar refractivity (Wildman–Crippen MR) is 84.2 cm³/mol. The fourth-order valence-corrected chi connectivity index (χ4v) is 2.12. The number of ether oxygens (including phenoxy) is 1. The van der Waals surface area contributed by atoms with E-state index in [4.69, 9.17) is 16.3 Å². The van der Waals surface area contributed by atoms with E-state index in [2.05, 4.69) is 24.4 Å². The SMILES string of the molecule is CCCNCc1cccc(OCc2ccccc2Cl)c1. The second-order valence-electron chi connectivity index (χ2n) is 4.70. The van der Waals surface area contributed by atoms with Crippen molar-refractivity contribution in [1.29, 1.82) is 0 Å². The van der Waals surface area contributed by atoms with E-state index < -0.39 is 0 Å². The minimum Gasteiger partial charge on any atom is -0.489 e. The topological polar surface area (TPSA) is 21.3 Å². The lowest BCUT2D eigenvalue weighted by Crippen LogP contribution is -2.13. The molecule has 1 N–H and O–H groups in total. The van der Waals surface area contributed by atoms with Crippen LogP contribution in [-0.4, -0.2) is 6.54 Å². The zero-order chi connectivity index (χ0) is 14.2. The van der Waals surface area contributed by atoms with Crippen LogP contribution in [-0.2, 0) is 13.2 Å². The van der Waals surface area contributed by atoms with Crippen LogP contribution in [0.2, 0.25) is 5.02 Å². The molecule has 106 valence electrons. The number of rotatable bonds is 7. The molecule has 0 aliphatic heterocycles. The third-order valence-electron chi connectivity index (χ3n) is 3.01. The molecule has 2 aromatic carbocycles. The molecular weight excluding hydrogens is 270 g/mol. The highest BCUT2D eigenvalue weighted by Crippen LogP contribution is 2.19. The molecule has 0 bridgehead atoms. The standard InChI is InChI=1S/C17H20ClNO/c1-2-10-19-12-14-6-5-8-16(11-14)20-13-15-7-3-4-9-17(15)18/h3-9,11,19H,2,10,12-13H2,1H3. The molecule has 0 aliphatic carbocycles. The summed E-state index contributed by atoms with van der Waals surface area (Å²) >= 11 is 6.12.